The molecule has 9 aromatic rings. The second-order valence-electron chi connectivity index (χ2n) is 20.2. The lowest BCUT2D eigenvalue weighted by atomic mass is 9.83. The van der Waals surface area contributed by atoms with Crippen molar-refractivity contribution in [2.24, 2.45) is 0 Å². The second kappa shape index (κ2) is 21.1. The lowest BCUT2D eigenvalue weighted by Crippen LogP contribution is -2.13. The van der Waals surface area contributed by atoms with Crippen molar-refractivity contribution in [1.29, 1.82) is 0 Å². The number of benzene rings is 9. The van der Waals surface area contributed by atoms with Gasteiger partial charge in [-0.05, 0) is 177 Å². The Morgan fingerprint density at radius 1 is 0.386 bits per heavy atom. The van der Waals surface area contributed by atoms with Gasteiger partial charge in [0.25, 0.3) is 0 Å². The minimum absolute atomic E-state index is 0.0276. The molecule has 0 heterocycles. The largest absolute Gasteiger partial charge is 0.457 e. The van der Waals surface area contributed by atoms with E-state index in [-0.39, 0.29) is 16.6 Å². The van der Waals surface area contributed by atoms with Crippen LogP contribution in [0.1, 0.15) is 102 Å². The average Bonchev–Trinajstić information content (AvgIpc) is 3.36. The summed E-state index contributed by atoms with van der Waals surface area (Å²) >= 11 is 1.69. The van der Waals surface area contributed by atoms with Crippen LogP contribution in [-0.4, -0.2) is 5.78 Å². The molecule has 0 spiro atoms. The van der Waals surface area contributed by atoms with Crippen molar-refractivity contribution < 1.29 is 14.3 Å². The maximum atomic E-state index is 14.2. The van der Waals surface area contributed by atoms with E-state index in [0.717, 1.165) is 69.4 Å². The summed E-state index contributed by atoms with van der Waals surface area (Å²) < 4.78 is 12.4. The minimum atomic E-state index is -0.0958. The van der Waals surface area contributed by atoms with Crippen LogP contribution in [0, 0.1) is 0 Å². The first kappa shape index (κ1) is 47.7. The molecule has 70 heavy (non-hydrogen) atoms. The number of rotatable bonds is 15. The highest BCUT2D eigenvalue weighted by molar-refractivity contribution is 7.99. The summed E-state index contributed by atoms with van der Waals surface area (Å²) in [6.45, 7) is 13.3. The Morgan fingerprint density at radius 2 is 0.743 bits per heavy atom. The summed E-state index contributed by atoms with van der Waals surface area (Å²) in [5.74, 6) is 3.27. The molecular formula is C66H60O3S. The molecule has 0 saturated carbocycles. The Bertz CT molecular complexity index is 3140. The van der Waals surface area contributed by atoms with Gasteiger partial charge in [-0.15, -0.1) is 0 Å². The van der Waals surface area contributed by atoms with Crippen LogP contribution in [0.25, 0.3) is 11.1 Å². The third-order valence-electron chi connectivity index (χ3n) is 12.7. The standard InChI is InChI=1S/C66H60O3S/c1-65(2,3)54-28-14-47(15-29-54)43-49-18-33-57(34-19-49)69-59-37-22-51(23-38-59)44-50-20-35-58(36-21-50)68-56-31-16-48(17-32-56)42-46-12-24-52(25-13-46)62-41-30-55(66(4,5)6)45-63(62)64(67)53-26-39-61(40-27-53)70-60-10-8-7-9-11-60/h7-41,45H,42-44H2,1-6H3. The summed E-state index contributed by atoms with van der Waals surface area (Å²) in [6.07, 6.45) is 2.49. The third-order valence-corrected chi connectivity index (χ3v) is 13.7. The van der Waals surface area contributed by atoms with E-state index in [1.54, 1.807) is 11.8 Å². The maximum Gasteiger partial charge on any atom is 0.193 e. The summed E-state index contributed by atoms with van der Waals surface area (Å²) in [6, 6.07) is 75.5. The lowest BCUT2D eigenvalue weighted by molar-refractivity contribution is 0.103. The SMILES string of the molecule is CC(C)(C)c1ccc(Cc2ccc(Oc3ccc(Cc4ccc(Oc5ccc(Cc6ccc(-c7ccc(C(C)(C)C)cc7C(=O)c7ccc(Sc8ccccc8)cc7)cc6)cc5)cc4)cc3)cc2)cc1. The summed E-state index contributed by atoms with van der Waals surface area (Å²) in [5.41, 5.74) is 13.3. The first-order chi connectivity index (χ1) is 33.8. The lowest BCUT2D eigenvalue weighted by Gasteiger charge is -2.21. The number of carbonyl (C=O) groups is 1. The van der Waals surface area contributed by atoms with Gasteiger partial charge in [0.05, 0.1) is 0 Å². The molecular weight excluding hydrogens is 873 g/mol. The maximum absolute atomic E-state index is 14.2. The molecule has 348 valence electrons. The highest BCUT2D eigenvalue weighted by Crippen LogP contribution is 2.34. The zero-order valence-electron chi connectivity index (χ0n) is 41.0. The van der Waals surface area contributed by atoms with Gasteiger partial charge in [0, 0.05) is 20.9 Å². The highest BCUT2D eigenvalue weighted by Gasteiger charge is 2.21. The molecule has 0 fully saturated rings. The predicted octanol–water partition coefficient (Wildman–Crippen LogP) is 17.7. The monoisotopic (exact) mass is 932 g/mol. The molecule has 0 aliphatic rings. The fourth-order valence-corrected chi connectivity index (χ4v) is 9.35. The normalized spacial score (nSPS) is 11.6. The van der Waals surface area contributed by atoms with E-state index in [9.17, 15) is 4.79 Å². The molecule has 0 aliphatic heterocycles. The van der Waals surface area contributed by atoms with Crippen molar-refractivity contribution in [3.8, 4) is 34.1 Å². The van der Waals surface area contributed by atoms with Crippen molar-refractivity contribution in [1.82, 2.24) is 0 Å². The zero-order valence-corrected chi connectivity index (χ0v) is 41.9. The van der Waals surface area contributed by atoms with Crippen LogP contribution in [0.15, 0.2) is 228 Å². The van der Waals surface area contributed by atoms with Crippen molar-refractivity contribution in [2.45, 2.75) is 81.4 Å². The summed E-state index contributed by atoms with van der Waals surface area (Å²) in [4.78, 5) is 16.5. The van der Waals surface area contributed by atoms with Crippen molar-refractivity contribution in [3.63, 3.8) is 0 Å². The molecule has 0 aromatic heterocycles. The van der Waals surface area contributed by atoms with Gasteiger partial charge in [0.2, 0.25) is 0 Å². The van der Waals surface area contributed by atoms with Crippen LogP contribution >= 0.6 is 11.8 Å². The highest BCUT2D eigenvalue weighted by atomic mass is 32.2. The molecule has 0 unspecified atom stereocenters. The van der Waals surface area contributed by atoms with Gasteiger partial charge in [0.1, 0.15) is 23.0 Å². The zero-order chi connectivity index (χ0) is 48.7. The van der Waals surface area contributed by atoms with Crippen LogP contribution in [0.4, 0.5) is 0 Å². The average molecular weight is 933 g/mol. The first-order valence-electron chi connectivity index (χ1n) is 24.2. The fraction of sp³-hybridized carbons (Fsp3) is 0.167. The van der Waals surface area contributed by atoms with E-state index in [1.165, 1.54) is 43.8 Å². The van der Waals surface area contributed by atoms with Crippen LogP contribution in [0.5, 0.6) is 23.0 Å². The predicted molar refractivity (Wildman–Crippen MR) is 290 cm³/mol. The minimum Gasteiger partial charge on any atom is -0.457 e. The van der Waals surface area contributed by atoms with Gasteiger partial charge in [0.15, 0.2) is 5.78 Å². The van der Waals surface area contributed by atoms with Gasteiger partial charge in [-0.3, -0.25) is 4.79 Å². The van der Waals surface area contributed by atoms with Gasteiger partial charge < -0.3 is 9.47 Å². The number of hydrogen-bond donors (Lipinski definition) is 0. The number of hydrogen-bond acceptors (Lipinski definition) is 4. The number of carbonyl (C=O) groups excluding carboxylic acids is 1. The Morgan fingerprint density at radius 3 is 1.14 bits per heavy atom. The molecule has 0 N–H and O–H groups in total. The van der Waals surface area contributed by atoms with E-state index in [1.807, 2.05) is 91.0 Å². The van der Waals surface area contributed by atoms with Crippen molar-refractivity contribution >= 4 is 17.5 Å². The van der Waals surface area contributed by atoms with Crippen LogP contribution < -0.4 is 9.47 Å². The number of ether oxygens (including phenoxy) is 2. The van der Waals surface area contributed by atoms with E-state index in [4.69, 9.17) is 9.47 Å². The molecule has 0 saturated heterocycles. The molecule has 0 aliphatic carbocycles. The van der Waals surface area contributed by atoms with Crippen LogP contribution in [-0.2, 0) is 30.1 Å². The molecule has 4 heteroatoms. The molecule has 9 rings (SSSR count). The van der Waals surface area contributed by atoms with Crippen molar-refractivity contribution in [3.05, 3.63) is 274 Å². The Kier molecular flexibility index (Phi) is 14.3. The van der Waals surface area contributed by atoms with Crippen LogP contribution in [0.2, 0.25) is 0 Å². The Labute approximate surface area is 419 Å². The van der Waals surface area contributed by atoms with E-state index < -0.39 is 0 Å². The van der Waals surface area contributed by atoms with E-state index in [0.29, 0.717) is 5.56 Å². The van der Waals surface area contributed by atoms with E-state index >= 15 is 0 Å². The quantitative estimate of drug-likeness (QED) is 0.0960. The molecule has 0 radical (unpaired) electrons. The summed E-state index contributed by atoms with van der Waals surface area (Å²) in [7, 11) is 0. The summed E-state index contributed by atoms with van der Waals surface area (Å²) in [5, 5.41) is 0. The van der Waals surface area contributed by atoms with Gasteiger partial charge >= 0.3 is 0 Å². The second-order valence-corrected chi connectivity index (χ2v) is 21.4. The Hall–Kier alpha value is -7.40. The number of ketones is 1. The van der Waals surface area contributed by atoms with Gasteiger partial charge in [-0.1, -0.05) is 181 Å². The van der Waals surface area contributed by atoms with Gasteiger partial charge in [-0.2, -0.15) is 0 Å². The first-order valence-corrected chi connectivity index (χ1v) is 25.0. The smallest absolute Gasteiger partial charge is 0.193 e. The molecule has 0 atom stereocenters. The van der Waals surface area contributed by atoms with Gasteiger partial charge in [-0.25, -0.2) is 0 Å². The molecule has 9 aromatic carbocycles. The molecule has 0 bridgehead atoms. The van der Waals surface area contributed by atoms with Crippen molar-refractivity contribution in [2.75, 3.05) is 0 Å². The van der Waals surface area contributed by atoms with Crippen LogP contribution in [0.3, 0.4) is 0 Å². The molecule has 3 nitrogen and oxygen atoms in total. The molecule has 0 amide bonds. The third kappa shape index (κ3) is 12.4. The van der Waals surface area contributed by atoms with E-state index in [2.05, 4.69) is 169 Å². The fourth-order valence-electron chi connectivity index (χ4n) is 8.51. The Balaban J connectivity index is 0.769. The topological polar surface area (TPSA) is 35.5 Å².